The van der Waals surface area contributed by atoms with E-state index < -0.39 is 0 Å². The zero-order valence-corrected chi connectivity index (χ0v) is 13.5. The molecule has 0 aliphatic heterocycles. The van der Waals surface area contributed by atoms with Crippen LogP contribution in [0.3, 0.4) is 0 Å². The van der Waals surface area contributed by atoms with Crippen molar-refractivity contribution in [2.45, 2.75) is 40.0 Å². The van der Waals surface area contributed by atoms with Crippen molar-refractivity contribution in [2.75, 3.05) is 31.6 Å². The van der Waals surface area contributed by atoms with Crippen LogP contribution in [0.4, 0.5) is 5.69 Å². The maximum absolute atomic E-state index is 12.2. The maximum atomic E-state index is 12.2. The Morgan fingerprint density at radius 2 is 1.95 bits per heavy atom. The fraction of sp³-hybridized carbons (Fsp3) is 0.588. The smallest absolute Gasteiger partial charge is 0.238 e. The summed E-state index contributed by atoms with van der Waals surface area (Å²) in [5.41, 5.74) is 3.15. The number of hydrogen-bond donors (Lipinski definition) is 2. The number of carbonyl (C=O) groups excluding carboxylic acids is 1. The van der Waals surface area contributed by atoms with Crippen molar-refractivity contribution < 1.29 is 9.90 Å². The van der Waals surface area contributed by atoms with E-state index in [1.54, 1.807) is 0 Å². The number of hydrogen-bond acceptors (Lipinski definition) is 3. The molecule has 1 rings (SSSR count). The van der Waals surface area contributed by atoms with Gasteiger partial charge in [0, 0.05) is 18.8 Å². The van der Waals surface area contributed by atoms with E-state index in [9.17, 15) is 4.79 Å². The predicted molar refractivity (Wildman–Crippen MR) is 87.6 cm³/mol. The van der Waals surface area contributed by atoms with Crippen LogP contribution in [0.25, 0.3) is 0 Å². The third-order valence-corrected chi connectivity index (χ3v) is 3.48. The Hall–Kier alpha value is -1.39. The summed E-state index contributed by atoms with van der Waals surface area (Å²) < 4.78 is 0. The average Bonchev–Trinajstić information content (AvgIpc) is 2.45. The van der Waals surface area contributed by atoms with Crippen molar-refractivity contribution in [3.63, 3.8) is 0 Å². The fourth-order valence-corrected chi connectivity index (χ4v) is 2.29. The van der Waals surface area contributed by atoms with Crippen molar-refractivity contribution in [3.8, 4) is 0 Å². The van der Waals surface area contributed by atoms with Crippen molar-refractivity contribution in [2.24, 2.45) is 0 Å². The Bertz CT molecular complexity index is 438. The summed E-state index contributed by atoms with van der Waals surface area (Å²) in [4.78, 5) is 14.3. The van der Waals surface area contributed by atoms with E-state index in [0.717, 1.165) is 37.2 Å². The van der Waals surface area contributed by atoms with Gasteiger partial charge in [0.05, 0.1) is 6.54 Å². The van der Waals surface area contributed by atoms with Crippen LogP contribution < -0.4 is 5.32 Å². The van der Waals surface area contributed by atoms with Crippen LogP contribution in [-0.2, 0) is 4.79 Å². The molecule has 1 aromatic rings. The Balaban J connectivity index is 2.55. The molecule has 4 heteroatoms. The molecule has 0 aliphatic carbocycles. The molecule has 0 unspecified atom stereocenters. The van der Waals surface area contributed by atoms with Crippen molar-refractivity contribution in [1.29, 1.82) is 0 Å². The normalized spacial score (nSPS) is 10.9. The van der Waals surface area contributed by atoms with E-state index in [1.165, 1.54) is 5.56 Å². The number of unbranched alkanes of at least 4 members (excludes halogenated alkanes) is 1. The number of nitrogens with zero attached hydrogens (tertiary/aromatic N) is 1. The number of carbonyl (C=O) groups is 1. The molecule has 21 heavy (non-hydrogen) atoms. The number of nitrogens with one attached hydrogen (secondary N) is 1. The molecule has 1 amide bonds. The molecule has 4 nitrogen and oxygen atoms in total. The molecular weight excluding hydrogens is 264 g/mol. The SMILES string of the molecule is CCCCN(CCCO)CC(=O)Nc1ccc(C)cc1C. The molecule has 0 heterocycles. The number of aliphatic hydroxyl groups is 1. The first-order chi connectivity index (χ1) is 10.1. The van der Waals surface area contributed by atoms with Gasteiger partial charge in [-0.3, -0.25) is 9.69 Å². The van der Waals surface area contributed by atoms with Gasteiger partial charge in [0.25, 0.3) is 0 Å². The summed E-state index contributed by atoms with van der Waals surface area (Å²) >= 11 is 0. The number of amides is 1. The molecule has 0 saturated carbocycles. The lowest BCUT2D eigenvalue weighted by Crippen LogP contribution is -2.35. The molecule has 118 valence electrons. The second-order valence-electron chi connectivity index (χ2n) is 5.57. The summed E-state index contributed by atoms with van der Waals surface area (Å²) in [6.45, 7) is 8.39. The number of aliphatic hydroxyl groups excluding tert-OH is 1. The first-order valence-corrected chi connectivity index (χ1v) is 7.77. The van der Waals surface area contributed by atoms with E-state index in [2.05, 4.69) is 23.2 Å². The highest BCUT2D eigenvalue weighted by atomic mass is 16.3. The topological polar surface area (TPSA) is 52.6 Å². The number of anilines is 1. The third kappa shape index (κ3) is 6.74. The lowest BCUT2D eigenvalue weighted by atomic mass is 10.1. The highest BCUT2D eigenvalue weighted by Gasteiger charge is 2.11. The number of benzene rings is 1. The van der Waals surface area contributed by atoms with Crippen LogP contribution in [0.5, 0.6) is 0 Å². The van der Waals surface area contributed by atoms with Gasteiger partial charge in [-0.05, 0) is 44.9 Å². The molecule has 0 spiro atoms. The van der Waals surface area contributed by atoms with Crippen LogP contribution in [0.1, 0.15) is 37.3 Å². The lowest BCUT2D eigenvalue weighted by Gasteiger charge is -2.21. The molecular formula is C17H28N2O2. The van der Waals surface area contributed by atoms with Crippen LogP contribution >= 0.6 is 0 Å². The molecule has 0 atom stereocenters. The minimum absolute atomic E-state index is 0.0102. The van der Waals surface area contributed by atoms with E-state index in [1.807, 2.05) is 26.0 Å². The summed E-state index contributed by atoms with van der Waals surface area (Å²) in [6.07, 6.45) is 2.89. The molecule has 2 N–H and O–H groups in total. The lowest BCUT2D eigenvalue weighted by molar-refractivity contribution is -0.117. The van der Waals surface area contributed by atoms with Gasteiger partial charge in [-0.2, -0.15) is 0 Å². The molecule has 0 fully saturated rings. The zero-order valence-electron chi connectivity index (χ0n) is 13.5. The van der Waals surface area contributed by atoms with E-state index in [-0.39, 0.29) is 12.5 Å². The van der Waals surface area contributed by atoms with E-state index in [4.69, 9.17) is 5.11 Å². The molecule has 0 aliphatic rings. The molecule has 0 bridgehead atoms. The van der Waals surface area contributed by atoms with E-state index >= 15 is 0 Å². The average molecular weight is 292 g/mol. The van der Waals surface area contributed by atoms with Crippen molar-refractivity contribution in [1.82, 2.24) is 4.90 Å². The zero-order chi connectivity index (χ0) is 15.7. The Kier molecular flexibility index (Phi) is 8.01. The quantitative estimate of drug-likeness (QED) is 0.736. The monoisotopic (exact) mass is 292 g/mol. The van der Waals surface area contributed by atoms with Gasteiger partial charge in [0.1, 0.15) is 0 Å². The van der Waals surface area contributed by atoms with Gasteiger partial charge < -0.3 is 10.4 Å². The maximum Gasteiger partial charge on any atom is 0.238 e. The predicted octanol–water partition coefficient (Wildman–Crippen LogP) is 2.73. The summed E-state index contributed by atoms with van der Waals surface area (Å²) in [7, 11) is 0. The van der Waals surface area contributed by atoms with E-state index in [0.29, 0.717) is 13.0 Å². The third-order valence-electron chi connectivity index (χ3n) is 3.48. The first-order valence-electron chi connectivity index (χ1n) is 7.77. The molecule has 0 saturated heterocycles. The second-order valence-corrected chi connectivity index (χ2v) is 5.57. The van der Waals surface area contributed by atoms with Gasteiger partial charge >= 0.3 is 0 Å². The summed E-state index contributed by atoms with van der Waals surface area (Å²) in [5, 5.41) is 11.9. The van der Waals surface area contributed by atoms with Crippen LogP contribution in [0, 0.1) is 13.8 Å². The Labute approximate surface area is 128 Å². The number of rotatable bonds is 9. The summed E-state index contributed by atoms with van der Waals surface area (Å²) in [5.74, 6) is 0.0102. The van der Waals surface area contributed by atoms with Crippen molar-refractivity contribution >= 4 is 11.6 Å². The molecule has 0 radical (unpaired) electrons. The van der Waals surface area contributed by atoms with Gasteiger partial charge in [0.2, 0.25) is 5.91 Å². The minimum atomic E-state index is 0.0102. The fourth-order valence-electron chi connectivity index (χ4n) is 2.29. The molecule has 1 aromatic carbocycles. The van der Waals surface area contributed by atoms with Crippen molar-refractivity contribution in [3.05, 3.63) is 29.3 Å². The minimum Gasteiger partial charge on any atom is -0.396 e. The highest BCUT2D eigenvalue weighted by Crippen LogP contribution is 2.15. The Morgan fingerprint density at radius 1 is 1.24 bits per heavy atom. The van der Waals surface area contributed by atoms with Gasteiger partial charge in [-0.25, -0.2) is 0 Å². The second kappa shape index (κ2) is 9.53. The highest BCUT2D eigenvalue weighted by molar-refractivity contribution is 5.93. The number of aryl methyl sites for hydroxylation is 2. The van der Waals surface area contributed by atoms with Crippen LogP contribution in [-0.4, -0.2) is 42.2 Å². The summed E-state index contributed by atoms with van der Waals surface area (Å²) in [6, 6.07) is 6.02. The Morgan fingerprint density at radius 3 is 2.57 bits per heavy atom. The first kappa shape index (κ1) is 17.7. The van der Waals surface area contributed by atoms with Gasteiger partial charge in [-0.15, -0.1) is 0 Å². The van der Waals surface area contributed by atoms with Crippen LogP contribution in [0.2, 0.25) is 0 Å². The van der Waals surface area contributed by atoms with Gasteiger partial charge in [-0.1, -0.05) is 31.0 Å². The van der Waals surface area contributed by atoms with Crippen LogP contribution in [0.15, 0.2) is 18.2 Å². The largest absolute Gasteiger partial charge is 0.396 e. The molecule has 0 aromatic heterocycles. The van der Waals surface area contributed by atoms with Gasteiger partial charge in [0.15, 0.2) is 0 Å². The standard InChI is InChI=1S/C17H28N2O2/c1-4-5-9-19(10-6-11-20)13-17(21)18-16-8-7-14(2)12-15(16)3/h7-8,12,20H,4-6,9-11,13H2,1-3H3,(H,18,21).